The van der Waals surface area contributed by atoms with Gasteiger partial charge in [0.1, 0.15) is 0 Å². The molecule has 8 heteroatoms. The SMILES string of the molecule is CCNC(=NCCCc1nc(C(C)C)no1)NC1CC2CCC1O2.I. The van der Waals surface area contributed by atoms with E-state index < -0.39 is 0 Å². The first-order valence-electron chi connectivity index (χ1n) is 9.18. The highest BCUT2D eigenvalue weighted by molar-refractivity contribution is 14.0. The van der Waals surface area contributed by atoms with Crippen LogP contribution < -0.4 is 10.6 Å². The van der Waals surface area contributed by atoms with Crippen molar-refractivity contribution >= 4 is 29.9 Å². The maximum atomic E-state index is 5.90. The number of aromatic nitrogens is 2. The number of ether oxygens (including phenoxy) is 1. The van der Waals surface area contributed by atoms with E-state index in [1.54, 1.807) is 0 Å². The van der Waals surface area contributed by atoms with Crippen molar-refractivity contribution in [1.82, 2.24) is 20.8 Å². The van der Waals surface area contributed by atoms with Crippen LogP contribution in [0.4, 0.5) is 0 Å². The molecular weight excluding hydrogens is 433 g/mol. The number of halogens is 1. The lowest BCUT2D eigenvalue weighted by Crippen LogP contribution is -2.47. The minimum atomic E-state index is 0. The van der Waals surface area contributed by atoms with Gasteiger partial charge < -0.3 is 19.9 Å². The van der Waals surface area contributed by atoms with Crippen molar-refractivity contribution in [3.63, 3.8) is 0 Å². The summed E-state index contributed by atoms with van der Waals surface area (Å²) in [4.78, 5) is 9.06. The van der Waals surface area contributed by atoms with Crippen molar-refractivity contribution in [3.05, 3.63) is 11.7 Å². The van der Waals surface area contributed by atoms with Crippen LogP contribution in [-0.4, -0.2) is 47.4 Å². The quantitative estimate of drug-likeness (QED) is 0.280. The van der Waals surface area contributed by atoms with E-state index in [-0.39, 0.29) is 24.0 Å². The summed E-state index contributed by atoms with van der Waals surface area (Å²) in [5, 5.41) is 10.8. The average Bonchev–Trinajstić information content (AvgIpc) is 3.28. The van der Waals surface area contributed by atoms with Gasteiger partial charge in [-0.25, -0.2) is 0 Å². The normalized spacial score (nSPS) is 25.3. The van der Waals surface area contributed by atoms with Crippen LogP contribution in [0.15, 0.2) is 9.52 Å². The van der Waals surface area contributed by atoms with Crippen molar-refractivity contribution in [2.75, 3.05) is 13.1 Å². The van der Waals surface area contributed by atoms with Crippen LogP contribution >= 0.6 is 24.0 Å². The smallest absolute Gasteiger partial charge is 0.226 e. The molecule has 2 aliphatic rings. The molecule has 2 aliphatic heterocycles. The Labute approximate surface area is 166 Å². The van der Waals surface area contributed by atoms with E-state index >= 15 is 0 Å². The number of aliphatic imine (C=N–C) groups is 1. The van der Waals surface area contributed by atoms with E-state index in [0.717, 1.165) is 50.6 Å². The van der Waals surface area contributed by atoms with Crippen molar-refractivity contribution in [1.29, 1.82) is 0 Å². The fourth-order valence-electron chi connectivity index (χ4n) is 3.31. The molecule has 0 radical (unpaired) electrons. The van der Waals surface area contributed by atoms with Crippen LogP contribution in [0.1, 0.15) is 64.1 Å². The summed E-state index contributed by atoms with van der Waals surface area (Å²) >= 11 is 0. The van der Waals surface area contributed by atoms with Crippen molar-refractivity contribution in [3.8, 4) is 0 Å². The fourth-order valence-corrected chi connectivity index (χ4v) is 3.31. The molecule has 25 heavy (non-hydrogen) atoms. The zero-order valence-corrected chi connectivity index (χ0v) is 17.7. The van der Waals surface area contributed by atoms with Crippen molar-refractivity contribution in [2.45, 2.75) is 77.0 Å². The van der Waals surface area contributed by atoms with E-state index in [2.05, 4.69) is 46.5 Å². The zero-order chi connectivity index (χ0) is 16.9. The van der Waals surface area contributed by atoms with E-state index in [1.165, 1.54) is 6.42 Å². The number of rotatable bonds is 7. The van der Waals surface area contributed by atoms with Crippen LogP contribution in [0.25, 0.3) is 0 Å². The second-order valence-corrected chi connectivity index (χ2v) is 6.93. The monoisotopic (exact) mass is 463 g/mol. The van der Waals surface area contributed by atoms with Gasteiger partial charge in [0.15, 0.2) is 11.8 Å². The Balaban J connectivity index is 0.00000225. The number of aryl methyl sites for hydroxylation is 1. The molecule has 2 bridgehead atoms. The molecule has 0 aliphatic carbocycles. The number of nitrogens with zero attached hydrogens (tertiary/aromatic N) is 3. The van der Waals surface area contributed by atoms with Gasteiger partial charge in [0.05, 0.1) is 18.2 Å². The van der Waals surface area contributed by atoms with Crippen molar-refractivity contribution in [2.24, 2.45) is 4.99 Å². The van der Waals surface area contributed by atoms with Gasteiger partial charge in [-0.2, -0.15) is 4.98 Å². The minimum Gasteiger partial charge on any atom is -0.373 e. The van der Waals surface area contributed by atoms with Crippen LogP contribution in [0.2, 0.25) is 0 Å². The summed E-state index contributed by atoms with van der Waals surface area (Å²) in [6.07, 6.45) is 5.92. The molecule has 0 aromatic carbocycles. The van der Waals surface area contributed by atoms with Gasteiger partial charge in [-0.05, 0) is 32.6 Å². The number of nitrogens with one attached hydrogen (secondary N) is 2. The minimum absolute atomic E-state index is 0. The fraction of sp³-hybridized carbons (Fsp3) is 0.824. The highest BCUT2D eigenvalue weighted by Gasteiger charge is 2.41. The molecular formula is C17H30IN5O2. The van der Waals surface area contributed by atoms with Crippen molar-refractivity contribution < 1.29 is 9.26 Å². The van der Waals surface area contributed by atoms with Crippen LogP contribution in [0.3, 0.4) is 0 Å². The molecule has 1 aromatic rings. The molecule has 2 N–H and O–H groups in total. The molecule has 2 fully saturated rings. The molecule has 3 atom stereocenters. The lowest BCUT2D eigenvalue weighted by atomic mass is 9.96. The molecule has 3 rings (SSSR count). The Morgan fingerprint density at radius 3 is 2.80 bits per heavy atom. The summed E-state index contributed by atoms with van der Waals surface area (Å²) in [6, 6.07) is 0.395. The maximum Gasteiger partial charge on any atom is 0.226 e. The topological polar surface area (TPSA) is 84.6 Å². The Bertz CT molecular complexity index is 563. The Hall–Kier alpha value is -0.900. The van der Waals surface area contributed by atoms with Crippen LogP contribution in [0, 0.1) is 0 Å². The zero-order valence-electron chi connectivity index (χ0n) is 15.3. The van der Waals surface area contributed by atoms with Crippen LogP contribution in [-0.2, 0) is 11.2 Å². The second-order valence-electron chi connectivity index (χ2n) is 6.93. The summed E-state index contributed by atoms with van der Waals surface area (Å²) in [5.74, 6) is 2.66. The first-order valence-corrected chi connectivity index (χ1v) is 9.18. The number of hydrogen-bond donors (Lipinski definition) is 2. The van der Waals surface area contributed by atoms with E-state index in [1.807, 2.05) is 0 Å². The molecule has 0 spiro atoms. The number of fused-ring (bicyclic) bond motifs is 2. The average molecular weight is 463 g/mol. The Morgan fingerprint density at radius 1 is 1.36 bits per heavy atom. The largest absolute Gasteiger partial charge is 0.373 e. The van der Waals surface area contributed by atoms with E-state index in [0.29, 0.717) is 30.1 Å². The van der Waals surface area contributed by atoms with Gasteiger partial charge in [0, 0.05) is 25.4 Å². The Kier molecular flexibility index (Phi) is 7.92. The first kappa shape index (κ1) is 20.4. The second kappa shape index (κ2) is 9.70. The summed E-state index contributed by atoms with van der Waals surface area (Å²) < 4.78 is 11.2. The summed E-state index contributed by atoms with van der Waals surface area (Å²) in [5.41, 5.74) is 0. The molecule has 1 aromatic heterocycles. The summed E-state index contributed by atoms with van der Waals surface area (Å²) in [7, 11) is 0. The third-order valence-corrected chi connectivity index (χ3v) is 4.59. The Morgan fingerprint density at radius 2 is 2.20 bits per heavy atom. The summed E-state index contributed by atoms with van der Waals surface area (Å²) in [6.45, 7) is 7.80. The van der Waals surface area contributed by atoms with Gasteiger partial charge in [-0.1, -0.05) is 19.0 Å². The molecule has 3 unspecified atom stereocenters. The predicted octanol–water partition coefficient (Wildman–Crippen LogP) is 2.62. The highest BCUT2D eigenvalue weighted by Crippen LogP contribution is 2.34. The first-order chi connectivity index (χ1) is 11.7. The third-order valence-electron chi connectivity index (χ3n) is 4.59. The highest BCUT2D eigenvalue weighted by atomic mass is 127. The van der Waals surface area contributed by atoms with E-state index in [4.69, 9.17) is 9.26 Å². The van der Waals surface area contributed by atoms with Gasteiger partial charge in [-0.3, -0.25) is 4.99 Å². The van der Waals surface area contributed by atoms with Gasteiger partial charge in [-0.15, -0.1) is 24.0 Å². The molecule has 0 amide bonds. The third kappa shape index (κ3) is 5.54. The lowest BCUT2D eigenvalue weighted by molar-refractivity contribution is 0.0992. The van der Waals surface area contributed by atoms with E-state index in [9.17, 15) is 0 Å². The van der Waals surface area contributed by atoms with Crippen LogP contribution in [0.5, 0.6) is 0 Å². The maximum absolute atomic E-state index is 5.90. The molecule has 2 saturated heterocycles. The lowest BCUT2D eigenvalue weighted by Gasteiger charge is -2.22. The molecule has 3 heterocycles. The predicted molar refractivity (Wildman–Crippen MR) is 108 cm³/mol. The van der Waals surface area contributed by atoms with Gasteiger partial charge in [0.2, 0.25) is 5.89 Å². The number of hydrogen-bond acceptors (Lipinski definition) is 5. The molecule has 7 nitrogen and oxygen atoms in total. The molecule has 142 valence electrons. The molecule has 0 saturated carbocycles. The number of guanidine groups is 1. The standard InChI is InChI=1S/C17H29N5O2.HI/c1-4-18-17(20-13-10-12-7-8-14(13)23-12)19-9-5-6-15-21-16(11(2)3)22-24-15;/h11-14H,4-10H2,1-3H3,(H2,18,19,20);1H. The van der Waals surface area contributed by atoms with Gasteiger partial charge >= 0.3 is 0 Å². The van der Waals surface area contributed by atoms with Gasteiger partial charge in [0.25, 0.3) is 0 Å².